The number of aryl methyl sites for hydroxylation is 1. The largest absolute Gasteiger partial charge is 0.281 e. The first-order valence-electron chi connectivity index (χ1n) is 6.69. The smallest absolute Gasteiger partial charge is 0.252 e. The molecule has 4 heteroatoms. The van der Waals surface area contributed by atoms with Crippen LogP contribution in [0.5, 0.6) is 0 Å². The molecule has 106 valence electrons. The van der Waals surface area contributed by atoms with Gasteiger partial charge < -0.3 is 0 Å². The first-order chi connectivity index (χ1) is 10.1. The summed E-state index contributed by atoms with van der Waals surface area (Å²) in [4.78, 5) is 23.1. The third-order valence-electron chi connectivity index (χ3n) is 3.93. The van der Waals surface area contributed by atoms with Crippen molar-refractivity contribution < 1.29 is 9.59 Å². The predicted molar refractivity (Wildman–Crippen MR) is 84.0 cm³/mol. The third-order valence-corrected chi connectivity index (χ3v) is 4.42. The average Bonchev–Trinajstić information content (AvgIpc) is 2.63. The first-order valence-corrected chi connectivity index (χ1v) is 7.45. The van der Waals surface area contributed by atoms with Crippen molar-refractivity contribution in [2.45, 2.75) is 18.8 Å². The van der Waals surface area contributed by atoms with Crippen molar-refractivity contribution in [2.24, 2.45) is 0 Å². The van der Waals surface area contributed by atoms with E-state index in [0.29, 0.717) is 18.4 Å². The van der Waals surface area contributed by atoms with Gasteiger partial charge in [-0.15, -0.1) is 0 Å². The van der Waals surface area contributed by atoms with Gasteiger partial charge in [0.25, 0.3) is 5.24 Å². The molecular formula is C17H12Cl2O2. The number of carbonyl (C=O) groups excluding carboxylic acids is 2. The fourth-order valence-corrected chi connectivity index (χ4v) is 3.27. The van der Waals surface area contributed by atoms with E-state index in [2.05, 4.69) is 0 Å². The summed E-state index contributed by atoms with van der Waals surface area (Å²) in [5.41, 5.74) is 4.48. The average molecular weight is 319 g/mol. The van der Waals surface area contributed by atoms with Crippen LogP contribution in [0.25, 0.3) is 11.1 Å². The minimum absolute atomic E-state index is 0.314. The van der Waals surface area contributed by atoms with Gasteiger partial charge in [-0.05, 0) is 70.4 Å². The summed E-state index contributed by atoms with van der Waals surface area (Å²) in [6.07, 6.45) is 1.32. The molecule has 2 nitrogen and oxygen atoms in total. The number of rotatable bonds is 2. The van der Waals surface area contributed by atoms with E-state index in [-0.39, 0.29) is 11.2 Å². The minimum atomic E-state index is -0.472. The van der Waals surface area contributed by atoms with Gasteiger partial charge in [0, 0.05) is 5.56 Å². The van der Waals surface area contributed by atoms with Crippen LogP contribution in [-0.2, 0) is 11.2 Å². The Morgan fingerprint density at radius 3 is 2.48 bits per heavy atom. The molecule has 0 amide bonds. The summed E-state index contributed by atoms with van der Waals surface area (Å²) in [5, 5.41) is -0.816. The summed E-state index contributed by atoms with van der Waals surface area (Å²) < 4.78 is 0. The summed E-state index contributed by atoms with van der Waals surface area (Å²) in [6.45, 7) is 0. The molecule has 0 bridgehead atoms. The van der Waals surface area contributed by atoms with Crippen molar-refractivity contribution in [3.8, 4) is 11.1 Å². The van der Waals surface area contributed by atoms with Crippen LogP contribution in [0.1, 0.15) is 33.8 Å². The molecule has 3 rings (SSSR count). The Balaban J connectivity index is 2.20. The Labute approximate surface area is 132 Å². The molecule has 0 N–H and O–H groups in total. The highest BCUT2D eigenvalue weighted by Gasteiger charge is 2.26. The lowest BCUT2D eigenvalue weighted by atomic mass is 9.92. The topological polar surface area (TPSA) is 34.1 Å². The number of hydrogen-bond donors (Lipinski definition) is 0. The van der Waals surface area contributed by atoms with Gasteiger partial charge in [-0.3, -0.25) is 9.59 Å². The van der Waals surface area contributed by atoms with Gasteiger partial charge in [-0.25, -0.2) is 0 Å². The Hall–Kier alpha value is -1.64. The Kier molecular flexibility index (Phi) is 3.83. The van der Waals surface area contributed by atoms with Crippen LogP contribution >= 0.6 is 23.2 Å². The van der Waals surface area contributed by atoms with E-state index in [0.717, 1.165) is 22.3 Å². The van der Waals surface area contributed by atoms with E-state index >= 15 is 0 Å². The molecule has 1 aliphatic carbocycles. The van der Waals surface area contributed by atoms with E-state index in [1.807, 2.05) is 36.4 Å². The molecule has 1 atom stereocenters. The van der Waals surface area contributed by atoms with Gasteiger partial charge in [-0.2, -0.15) is 0 Å². The van der Waals surface area contributed by atoms with Gasteiger partial charge >= 0.3 is 0 Å². The molecular weight excluding hydrogens is 307 g/mol. The van der Waals surface area contributed by atoms with Crippen LogP contribution in [0.4, 0.5) is 0 Å². The molecule has 0 spiro atoms. The number of halogens is 2. The van der Waals surface area contributed by atoms with Gasteiger partial charge in [0.05, 0.1) is 5.92 Å². The van der Waals surface area contributed by atoms with E-state index in [1.165, 1.54) is 0 Å². The van der Waals surface area contributed by atoms with Crippen molar-refractivity contribution in [2.75, 3.05) is 0 Å². The number of benzene rings is 2. The van der Waals surface area contributed by atoms with E-state index in [1.54, 1.807) is 6.07 Å². The quantitative estimate of drug-likeness (QED) is 0.762. The molecule has 2 aromatic carbocycles. The van der Waals surface area contributed by atoms with Crippen LogP contribution in [-0.4, -0.2) is 10.5 Å². The van der Waals surface area contributed by atoms with Crippen molar-refractivity contribution >= 4 is 33.7 Å². The summed E-state index contributed by atoms with van der Waals surface area (Å²) >= 11 is 11.3. The fourth-order valence-electron chi connectivity index (χ4n) is 2.92. The SMILES string of the molecule is O=C(Cl)c1ccc2c(c1)CCC(C(=O)Cl)c1ccccc1-2. The maximum absolute atomic E-state index is 11.7. The normalized spacial score (nSPS) is 16.6. The Morgan fingerprint density at radius 2 is 1.76 bits per heavy atom. The molecule has 1 aliphatic rings. The maximum Gasteiger partial charge on any atom is 0.252 e. The Morgan fingerprint density at radius 1 is 1.00 bits per heavy atom. The Bertz CT molecular complexity index is 737. The molecule has 0 fully saturated rings. The van der Waals surface area contributed by atoms with Gasteiger partial charge in [0.1, 0.15) is 0 Å². The highest BCUT2D eigenvalue weighted by molar-refractivity contribution is 6.67. The van der Waals surface area contributed by atoms with E-state index in [9.17, 15) is 9.59 Å². The lowest BCUT2D eigenvalue weighted by molar-refractivity contribution is -0.113. The fraction of sp³-hybridized carbons (Fsp3) is 0.176. The second-order valence-electron chi connectivity index (χ2n) is 5.13. The van der Waals surface area contributed by atoms with Crippen LogP contribution in [0.15, 0.2) is 42.5 Å². The monoisotopic (exact) mass is 318 g/mol. The van der Waals surface area contributed by atoms with Crippen LogP contribution in [0.3, 0.4) is 0 Å². The van der Waals surface area contributed by atoms with E-state index in [4.69, 9.17) is 23.2 Å². The summed E-state index contributed by atoms with van der Waals surface area (Å²) in [5.74, 6) is -0.314. The zero-order chi connectivity index (χ0) is 15.0. The van der Waals surface area contributed by atoms with Gasteiger partial charge in [0.15, 0.2) is 0 Å². The maximum atomic E-state index is 11.7. The molecule has 2 aromatic rings. The van der Waals surface area contributed by atoms with Crippen LogP contribution < -0.4 is 0 Å². The summed E-state index contributed by atoms with van der Waals surface area (Å²) in [7, 11) is 0. The molecule has 0 aromatic heterocycles. The number of carbonyl (C=O) groups is 2. The van der Waals surface area contributed by atoms with Gasteiger partial charge in [-0.1, -0.05) is 30.3 Å². The lowest BCUT2D eigenvalue weighted by Gasteiger charge is -2.13. The minimum Gasteiger partial charge on any atom is -0.281 e. The first kappa shape index (κ1) is 14.3. The van der Waals surface area contributed by atoms with Gasteiger partial charge in [0.2, 0.25) is 5.24 Å². The van der Waals surface area contributed by atoms with Crippen molar-refractivity contribution in [1.29, 1.82) is 0 Å². The van der Waals surface area contributed by atoms with Crippen molar-refractivity contribution in [3.63, 3.8) is 0 Å². The van der Waals surface area contributed by atoms with Crippen molar-refractivity contribution in [3.05, 3.63) is 59.2 Å². The molecule has 1 unspecified atom stereocenters. The highest BCUT2D eigenvalue weighted by Crippen LogP contribution is 2.39. The molecule has 0 saturated heterocycles. The van der Waals surface area contributed by atoms with Crippen LogP contribution in [0.2, 0.25) is 0 Å². The zero-order valence-electron chi connectivity index (χ0n) is 11.1. The van der Waals surface area contributed by atoms with Crippen molar-refractivity contribution in [1.82, 2.24) is 0 Å². The highest BCUT2D eigenvalue weighted by atomic mass is 35.5. The second kappa shape index (κ2) is 5.63. The number of hydrogen-bond acceptors (Lipinski definition) is 2. The second-order valence-corrected chi connectivity index (χ2v) is 5.84. The van der Waals surface area contributed by atoms with Crippen LogP contribution in [0, 0.1) is 0 Å². The standard InChI is InChI=1S/C17H12Cl2O2/c18-16(20)11-6-7-12-10(9-11)5-8-15(17(19)21)14-4-2-1-3-13(12)14/h1-4,6-7,9,15H,5,8H2. The molecule has 0 radical (unpaired) electrons. The molecule has 21 heavy (non-hydrogen) atoms. The lowest BCUT2D eigenvalue weighted by Crippen LogP contribution is -2.07. The molecule has 0 heterocycles. The summed E-state index contributed by atoms with van der Waals surface area (Å²) in [6, 6.07) is 13.2. The number of fused-ring (bicyclic) bond motifs is 3. The van der Waals surface area contributed by atoms with E-state index < -0.39 is 5.24 Å². The molecule has 0 saturated carbocycles. The predicted octanol–water partition coefficient (Wildman–Crippen LogP) is 4.53. The third kappa shape index (κ3) is 2.61. The zero-order valence-corrected chi connectivity index (χ0v) is 12.6. The molecule has 0 aliphatic heterocycles.